The van der Waals surface area contributed by atoms with Crippen LogP contribution in [-0.4, -0.2) is 22.5 Å². The maximum absolute atomic E-state index is 12.3. The predicted molar refractivity (Wildman–Crippen MR) is 103 cm³/mol. The molecule has 0 unspecified atom stereocenters. The van der Waals surface area contributed by atoms with Gasteiger partial charge >= 0.3 is 0 Å². The number of carbonyl (C=O) groups excluding carboxylic acids is 1. The summed E-state index contributed by atoms with van der Waals surface area (Å²) in [5.41, 5.74) is 1.54. The number of hydrogen-bond acceptors (Lipinski definition) is 7. The molecule has 0 saturated heterocycles. The number of fused-ring (bicyclic) bond motifs is 1. The van der Waals surface area contributed by atoms with E-state index >= 15 is 0 Å². The fourth-order valence-electron chi connectivity index (χ4n) is 2.44. The third-order valence-electron chi connectivity index (χ3n) is 3.54. The molecule has 6 nitrogen and oxygen atoms in total. The lowest BCUT2D eigenvalue weighted by molar-refractivity contribution is -0.115. The molecule has 26 heavy (non-hydrogen) atoms. The van der Waals surface area contributed by atoms with Crippen molar-refractivity contribution in [2.75, 3.05) is 11.9 Å². The standard InChI is InChI=1S/C18H15N3O3S2/c1-2-23-12-5-6-13-15(9-12)26-18(20-13)21-16(22)8-11-10-25-17(19-11)14-4-3-7-24-14/h3-7,9-10H,2,8H2,1H3,(H,20,21,22). The van der Waals surface area contributed by atoms with Crippen LogP contribution >= 0.6 is 22.7 Å². The zero-order chi connectivity index (χ0) is 17.9. The van der Waals surface area contributed by atoms with Gasteiger partial charge in [-0.2, -0.15) is 0 Å². The number of ether oxygens (including phenoxy) is 1. The third kappa shape index (κ3) is 3.61. The van der Waals surface area contributed by atoms with Gasteiger partial charge < -0.3 is 14.5 Å². The Labute approximate surface area is 157 Å². The van der Waals surface area contributed by atoms with Gasteiger partial charge in [0.25, 0.3) is 0 Å². The van der Waals surface area contributed by atoms with Gasteiger partial charge in [-0.15, -0.1) is 11.3 Å². The Morgan fingerprint density at radius 2 is 2.23 bits per heavy atom. The molecule has 1 amide bonds. The van der Waals surface area contributed by atoms with Crippen LogP contribution in [0.2, 0.25) is 0 Å². The van der Waals surface area contributed by atoms with Crippen molar-refractivity contribution in [1.82, 2.24) is 9.97 Å². The van der Waals surface area contributed by atoms with E-state index in [4.69, 9.17) is 9.15 Å². The molecule has 0 bridgehead atoms. The summed E-state index contributed by atoms with van der Waals surface area (Å²) in [6, 6.07) is 9.36. The van der Waals surface area contributed by atoms with Crippen molar-refractivity contribution >= 4 is 43.9 Å². The Kier molecular flexibility index (Phi) is 4.68. The number of rotatable bonds is 6. The van der Waals surface area contributed by atoms with Gasteiger partial charge in [0, 0.05) is 5.38 Å². The number of nitrogens with zero attached hydrogens (tertiary/aromatic N) is 2. The summed E-state index contributed by atoms with van der Waals surface area (Å²) in [6.07, 6.45) is 1.80. The molecule has 0 fully saturated rings. The molecule has 3 heterocycles. The van der Waals surface area contributed by atoms with Crippen molar-refractivity contribution in [3.8, 4) is 16.5 Å². The summed E-state index contributed by atoms with van der Waals surface area (Å²) in [4.78, 5) is 21.2. The van der Waals surface area contributed by atoms with Gasteiger partial charge in [-0.05, 0) is 37.3 Å². The molecule has 0 aliphatic carbocycles. The molecule has 0 radical (unpaired) electrons. The highest BCUT2D eigenvalue weighted by Crippen LogP contribution is 2.29. The molecule has 0 aliphatic heterocycles. The predicted octanol–water partition coefficient (Wildman–Crippen LogP) is 4.59. The molecule has 8 heteroatoms. The van der Waals surface area contributed by atoms with E-state index < -0.39 is 0 Å². The van der Waals surface area contributed by atoms with Crippen molar-refractivity contribution in [2.24, 2.45) is 0 Å². The van der Waals surface area contributed by atoms with Crippen molar-refractivity contribution in [1.29, 1.82) is 0 Å². The molecule has 0 spiro atoms. The number of carbonyl (C=O) groups is 1. The van der Waals surface area contributed by atoms with Crippen LogP contribution in [0.3, 0.4) is 0 Å². The third-order valence-corrected chi connectivity index (χ3v) is 5.38. The first kappa shape index (κ1) is 16.7. The molecule has 0 atom stereocenters. The van der Waals surface area contributed by atoms with Crippen LogP contribution in [0.1, 0.15) is 12.6 Å². The molecular formula is C18H15N3O3S2. The smallest absolute Gasteiger partial charge is 0.232 e. The van der Waals surface area contributed by atoms with Gasteiger partial charge in [-0.25, -0.2) is 9.97 Å². The number of benzene rings is 1. The monoisotopic (exact) mass is 385 g/mol. The molecule has 4 aromatic rings. The zero-order valence-corrected chi connectivity index (χ0v) is 15.5. The summed E-state index contributed by atoms with van der Waals surface area (Å²) >= 11 is 2.88. The van der Waals surface area contributed by atoms with Crippen molar-refractivity contribution in [3.05, 3.63) is 47.7 Å². The Morgan fingerprint density at radius 1 is 1.31 bits per heavy atom. The van der Waals surface area contributed by atoms with Crippen molar-refractivity contribution in [2.45, 2.75) is 13.3 Å². The summed E-state index contributed by atoms with van der Waals surface area (Å²) in [5.74, 6) is 1.36. The van der Waals surface area contributed by atoms with E-state index in [2.05, 4.69) is 15.3 Å². The maximum atomic E-state index is 12.3. The zero-order valence-electron chi connectivity index (χ0n) is 13.9. The number of anilines is 1. The van der Waals surface area contributed by atoms with E-state index in [-0.39, 0.29) is 12.3 Å². The molecule has 0 saturated carbocycles. The first-order valence-corrected chi connectivity index (χ1v) is 9.72. The molecule has 0 aliphatic rings. The lowest BCUT2D eigenvalue weighted by atomic mass is 10.3. The van der Waals surface area contributed by atoms with Crippen LogP contribution in [0.4, 0.5) is 5.13 Å². The van der Waals surface area contributed by atoms with Crippen LogP contribution in [0, 0.1) is 0 Å². The van der Waals surface area contributed by atoms with E-state index in [9.17, 15) is 4.79 Å². The minimum absolute atomic E-state index is 0.148. The summed E-state index contributed by atoms with van der Waals surface area (Å²) in [7, 11) is 0. The SMILES string of the molecule is CCOc1ccc2nc(NC(=O)Cc3csc(-c4ccco4)n3)sc2c1. The Balaban J connectivity index is 1.44. The number of furan rings is 1. The molecular weight excluding hydrogens is 370 g/mol. The van der Waals surface area contributed by atoms with E-state index in [0.29, 0.717) is 23.2 Å². The second kappa shape index (κ2) is 7.27. The molecule has 1 N–H and O–H groups in total. The minimum atomic E-state index is -0.148. The highest BCUT2D eigenvalue weighted by molar-refractivity contribution is 7.22. The normalized spacial score (nSPS) is 11.0. The van der Waals surface area contributed by atoms with Gasteiger partial charge in [0.15, 0.2) is 15.9 Å². The molecule has 3 aromatic heterocycles. The number of thiazole rings is 2. The van der Waals surface area contributed by atoms with E-state index in [1.165, 1.54) is 22.7 Å². The van der Waals surface area contributed by atoms with Crippen molar-refractivity contribution in [3.63, 3.8) is 0 Å². The van der Waals surface area contributed by atoms with Gasteiger partial charge in [0.05, 0.1) is 35.2 Å². The van der Waals surface area contributed by atoms with Gasteiger partial charge in [-0.1, -0.05) is 11.3 Å². The van der Waals surface area contributed by atoms with Gasteiger partial charge in [0.1, 0.15) is 5.75 Å². The lowest BCUT2D eigenvalue weighted by Gasteiger charge is -2.00. The first-order valence-electron chi connectivity index (χ1n) is 8.03. The summed E-state index contributed by atoms with van der Waals surface area (Å²) in [6.45, 7) is 2.56. The van der Waals surface area contributed by atoms with E-state index in [1.807, 2.05) is 42.6 Å². The number of aromatic nitrogens is 2. The van der Waals surface area contributed by atoms with E-state index in [0.717, 1.165) is 21.0 Å². The number of hydrogen-bond donors (Lipinski definition) is 1. The minimum Gasteiger partial charge on any atom is -0.494 e. The highest BCUT2D eigenvalue weighted by Gasteiger charge is 2.13. The van der Waals surface area contributed by atoms with Crippen molar-refractivity contribution < 1.29 is 13.9 Å². The summed E-state index contributed by atoms with van der Waals surface area (Å²) in [5, 5.41) is 6.04. The number of amides is 1. The van der Waals surface area contributed by atoms with Crippen LogP contribution in [0.15, 0.2) is 46.4 Å². The van der Waals surface area contributed by atoms with Crippen LogP contribution in [0.5, 0.6) is 5.75 Å². The quantitative estimate of drug-likeness (QED) is 0.525. The molecule has 4 rings (SSSR count). The fraction of sp³-hybridized carbons (Fsp3) is 0.167. The first-order chi connectivity index (χ1) is 12.7. The second-order valence-electron chi connectivity index (χ2n) is 5.43. The topological polar surface area (TPSA) is 77.2 Å². The largest absolute Gasteiger partial charge is 0.494 e. The Hall–Kier alpha value is -2.71. The Bertz CT molecular complexity index is 1040. The average molecular weight is 385 g/mol. The average Bonchev–Trinajstić information content (AvgIpc) is 3.34. The number of nitrogens with one attached hydrogen (secondary N) is 1. The molecule has 132 valence electrons. The summed E-state index contributed by atoms with van der Waals surface area (Å²) < 4.78 is 11.8. The van der Waals surface area contributed by atoms with Crippen LogP contribution in [-0.2, 0) is 11.2 Å². The van der Waals surface area contributed by atoms with Gasteiger partial charge in [-0.3, -0.25) is 4.79 Å². The van der Waals surface area contributed by atoms with Crippen LogP contribution in [0.25, 0.3) is 21.0 Å². The highest BCUT2D eigenvalue weighted by atomic mass is 32.1. The van der Waals surface area contributed by atoms with Gasteiger partial charge in [0.2, 0.25) is 5.91 Å². The van der Waals surface area contributed by atoms with Crippen LogP contribution < -0.4 is 10.1 Å². The van der Waals surface area contributed by atoms with E-state index in [1.54, 1.807) is 6.26 Å². The lowest BCUT2D eigenvalue weighted by Crippen LogP contribution is -2.14. The Morgan fingerprint density at radius 3 is 3.04 bits per heavy atom. The second-order valence-corrected chi connectivity index (χ2v) is 7.32. The molecule has 1 aromatic carbocycles. The maximum Gasteiger partial charge on any atom is 0.232 e. The fourth-order valence-corrected chi connectivity index (χ4v) is 4.14.